The predicted molar refractivity (Wildman–Crippen MR) is 73.1 cm³/mol. The summed E-state index contributed by atoms with van der Waals surface area (Å²) in [5.41, 5.74) is 0.985. The molecule has 0 amide bonds. The average Bonchev–Trinajstić information content (AvgIpc) is 3.13. The Morgan fingerprint density at radius 3 is 2.74 bits per heavy atom. The molecule has 0 atom stereocenters. The second-order valence-electron chi connectivity index (χ2n) is 5.42. The summed E-state index contributed by atoms with van der Waals surface area (Å²) < 4.78 is 5.63. The molecule has 1 aliphatic carbocycles. The number of hydrogen-bond donors (Lipinski definition) is 1. The summed E-state index contributed by atoms with van der Waals surface area (Å²) in [4.78, 5) is 2.43. The normalized spacial score (nSPS) is 19.8. The average molecular weight is 262 g/mol. The Hall–Kier alpha value is -1.20. The Labute approximate surface area is 114 Å². The van der Waals surface area contributed by atoms with Gasteiger partial charge in [0.2, 0.25) is 5.88 Å². The number of rotatable bonds is 7. The van der Waals surface area contributed by atoms with Crippen LogP contribution in [0.4, 0.5) is 0 Å². The second kappa shape index (κ2) is 6.30. The third-order valence-corrected chi connectivity index (χ3v) is 3.70. The first kappa shape index (κ1) is 12.8. The van der Waals surface area contributed by atoms with Crippen LogP contribution in [-0.2, 0) is 6.54 Å². The van der Waals surface area contributed by atoms with Crippen LogP contribution in [0.3, 0.4) is 0 Å². The summed E-state index contributed by atoms with van der Waals surface area (Å²) in [6.07, 6.45) is 5.24. The lowest BCUT2D eigenvalue weighted by molar-refractivity contribution is 0.230. The molecule has 104 valence electrons. The fourth-order valence-corrected chi connectivity index (χ4v) is 2.34. The van der Waals surface area contributed by atoms with Crippen molar-refractivity contribution in [3.8, 4) is 5.88 Å². The van der Waals surface area contributed by atoms with Crippen molar-refractivity contribution in [2.75, 3.05) is 26.2 Å². The van der Waals surface area contributed by atoms with Crippen molar-refractivity contribution < 1.29 is 4.74 Å². The van der Waals surface area contributed by atoms with E-state index >= 15 is 0 Å². The number of nitrogens with one attached hydrogen (secondary N) is 1. The van der Waals surface area contributed by atoms with Gasteiger partial charge in [0.1, 0.15) is 6.61 Å². The minimum atomic E-state index is 0.634. The summed E-state index contributed by atoms with van der Waals surface area (Å²) in [5, 5.41) is 11.7. The van der Waals surface area contributed by atoms with Gasteiger partial charge in [0.05, 0.1) is 5.69 Å². The van der Waals surface area contributed by atoms with Gasteiger partial charge in [-0.1, -0.05) is 0 Å². The molecule has 0 spiro atoms. The number of nitrogens with zero attached hydrogens (tertiary/aromatic N) is 3. The minimum absolute atomic E-state index is 0.634. The van der Waals surface area contributed by atoms with E-state index < -0.39 is 0 Å². The lowest BCUT2D eigenvalue weighted by Gasteiger charge is -2.14. The molecule has 19 heavy (non-hydrogen) atoms. The van der Waals surface area contributed by atoms with Crippen LogP contribution >= 0.6 is 0 Å². The van der Waals surface area contributed by atoms with Gasteiger partial charge in [-0.3, -0.25) is 4.90 Å². The maximum absolute atomic E-state index is 5.63. The number of aromatic nitrogens is 2. The van der Waals surface area contributed by atoms with Crippen LogP contribution in [0.2, 0.25) is 0 Å². The van der Waals surface area contributed by atoms with Crippen molar-refractivity contribution >= 4 is 0 Å². The minimum Gasteiger partial charge on any atom is -0.475 e. The molecule has 5 heteroatoms. The van der Waals surface area contributed by atoms with Crippen molar-refractivity contribution in [3.05, 3.63) is 17.8 Å². The number of ether oxygens (including phenoxy) is 1. The molecule has 5 nitrogen and oxygen atoms in total. The van der Waals surface area contributed by atoms with Gasteiger partial charge in [-0.2, -0.15) is 5.10 Å². The molecule has 1 saturated heterocycles. The van der Waals surface area contributed by atoms with Gasteiger partial charge in [-0.15, -0.1) is 5.10 Å². The summed E-state index contributed by atoms with van der Waals surface area (Å²) in [6.45, 7) is 4.92. The molecule has 1 aromatic rings. The molecule has 0 unspecified atom stereocenters. The molecule has 0 aromatic carbocycles. The van der Waals surface area contributed by atoms with Gasteiger partial charge >= 0.3 is 0 Å². The second-order valence-corrected chi connectivity index (χ2v) is 5.42. The van der Waals surface area contributed by atoms with Crippen LogP contribution in [0.1, 0.15) is 31.4 Å². The predicted octanol–water partition coefficient (Wildman–Crippen LogP) is 1.20. The van der Waals surface area contributed by atoms with Crippen LogP contribution in [0.15, 0.2) is 12.1 Å². The quantitative estimate of drug-likeness (QED) is 0.800. The van der Waals surface area contributed by atoms with Crippen molar-refractivity contribution in [1.29, 1.82) is 0 Å². The molecule has 1 saturated carbocycles. The molecular weight excluding hydrogens is 240 g/mol. The lowest BCUT2D eigenvalue weighted by Crippen LogP contribution is -2.25. The van der Waals surface area contributed by atoms with E-state index in [1.165, 1.54) is 38.8 Å². The maximum atomic E-state index is 5.63. The third-order valence-electron chi connectivity index (χ3n) is 3.70. The first-order valence-electron chi connectivity index (χ1n) is 7.31. The maximum Gasteiger partial charge on any atom is 0.233 e. The molecular formula is C14H22N4O. The largest absolute Gasteiger partial charge is 0.475 e. The van der Waals surface area contributed by atoms with E-state index in [2.05, 4.69) is 20.4 Å². The molecule has 3 rings (SSSR count). The van der Waals surface area contributed by atoms with Crippen LogP contribution in [0.5, 0.6) is 5.88 Å². The number of likely N-dealkylation sites (tertiary alicyclic amines) is 1. The summed E-state index contributed by atoms with van der Waals surface area (Å²) >= 11 is 0. The van der Waals surface area contributed by atoms with E-state index in [-0.39, 0.29) is 0 Å². The van der Waals surface area contributed by atoms with Gasteiger partial charge < -0.3 is 10.1 Å². The molecule has 1 aromatic heterocycles. The molecule has 1 aliphatic heterocycles. The third kappa shape index (κ3) is 4.14. The first-order chi connectivity index (χ1) is 9.40. The Morgan fingerprint density at radius 2 is 2.05 bits per heavy atom. The highest BCUT2D eigenvalue weighted by Crippen LogP contribution is 2.19. The highest BCUT2D eigenvalue weighted by Gasteiger charge is 2.20. The van der Waals surface area contributed by atoms with Gasteiger partial charge in [-0.25, -0.2) is 0 Å². The molecule has 0 radical (unpaired) electrons. The topological polar surface area (TPSA) is 50.3 Å². The van der Waals surface area contributed by atoms with Gasteiger partial charge in [0.25, 0.3) is 0 Å². The van der Waals surface area contributed by atoms with Crippen molar-refractivity contribution in [2.45, 2.75) is 38.3 Å². The highest BCUT2D eigenvalue weighted by molar-refractivity contribution is 5.11. The smallest absolute Gasteiger partial charge is 0.233 e. The Kier molecular flexibility index (Phi) is 4.25. The van der Waals surface area contributed by atoms with Gasteiger partial charge in [0, 0.05) is 25.2 Å². The molecule has 2 fully saturated rings. The molecule has 0 bridgehead atoms. The first-order valence-corrected chi connectivity index (χ1v) is 7.31. The van der Waals surface area contributed by atoms with Crippen LogP contribution < -0.4 is 10.1 Å². The fraction of sp³-hybridized carbons (Fsp3) is 0.714. The Morgan fingerprint density at radius 1 is 1.21 bits per heavy atom. The lowest BCUT2D eigenvalue weighted by atomic mass is 10.4. The molecule has 1 N–H and O–H groups in total. The SMILES string of the molecule is c1cc(OCCN2CCCC2)nnc1CNC1CC1. The zero-order valence-corrected chi connectivity index (χ0v) is 11.3. The summed E-state index contributed by atoms with van der Waals surface area (Å²) in [7, 11) is 0. The van der Waals surface area contributed by atoms with Crippen molar-refractivity contribution in [2.24, 2.45) is 0 Å². The van der Waals surface area contributed by atoms with E-state index in [1.807, 2.05) is 12.1 Å². The molecule has 2 heterocycles. The summed E-state index contributed by atoms with van der Waals surface area (Å²) in [5.74, 6) is 0.634. The van der Waals surface area contributed by atoms with Gasteiger partial charge in [-0.05, 0) is 44.8 Å². The monoisotopic (exact) mass is 262 g/mol. The Balaban J connectivity index is 1.37. The Bertz CT molecular complexity index is 385. The van der Waals surface area contributed by atoms with E-state index in [0.717, 1.165) is 18.8 Å². The zero-order chi connectivity index (χ0) is 12.9. The van der Waals surface area contributed by atoms with Gasteiger partial charge in [0.15, 0.2) is 0 Å². The standard InChI is InChI=1S/C14H22N4O/c1-2-8-18(7-1)9-10-19-14-6-5-13(16-17-14)11-15-12-3-4-12/h5-6,12,15H,1-4,7-11H2. The van der Waals surface area contributed by atoms with E-state index in [9.17, 15) is 0 Å². The van der Waals surface area contributed by atoms with E-state index in [0.29, 0.717) is 18.5 Å². The molecule has 2 aliphatic rings. The van der Waals surface area contributed by atoms with Crippen molar-refractivity contribution in [1.82, 2.24) is 20.4 Å². The van der Waals surface area contributed by atoms with Crippen molar-refractivity contribution in [3.63, 3.8) is 0 Å². The highest BCUT2D eigenvalue weighted by atomic mass is 16.5. The van der Waals surface area contributed by atoms with E-state index in [4.69, 9.17) is 4.74 Å². The summed E-state index contributed by atoms with van der Waals surface area (Å²) in [6, 6.07) is 4.62. The fourth-order valence-electron chi connectivity index (χ4n) is 2.34. The van der Waals surface area contributed by atoms with Crippen LogP contribution in [0, 0.1) is 0 Å². The van der Waals surface area contributed by atoms with Crippen LogP contribution in [0.25, 0.3) is 0 Å². The number of hydrogen-bond acceptors (Lipinski definition) is 5. The van der Waals surface area contributed by atoms with Crippen LogP contribution in [-0.4, -0.2) is 47.4 Å². The zero-order valence-electron chi connectivity index (χ0n) is 11.3. The van der Waals surface area contributed by atoms with E-state index in [1.54, 1.807) is 0 Å².